The summed E-state index contributed by atoms with van der Waals surface area (Å²) in [5, 5.41) is 0. The van der Waals surface area contributed by atoms with Crippen LogP contribution in [0.15, 0.2) is 6.07 Å². The highest BCUT2D eigenvalue weighted by atomic mass is 35.5. The molecule has 3 N–H and O–H groups in total. The van der Waals surface area contributed by atoms with Crippen molar-refractivity contribution >= 4 is 34.5 Å². The van der Waals surface area contributed by atoms with E-state index in [9.17, 15) is 0 Å². The summed E-state index contributed by atoms with van der Waals surface area (Å²) < 4.78 is 1.50. The van der Waals surface area contributed by atoms with Gasteiger partial charge in [-0.2, -0.15) is 0 Å². The maximum atomic E-state index is 6.23. The Hall–Kier alpha value is 0.200. The lowest BCUT2D eigenvalue weighted by molar-refractivity contribution is 0.219. The second kappa shape index (κ2) is 6.58. The van der Waals surface area contributed by atoms with Crippen molar-refractivity contribution in [3.05, 3.63) is 20.3 Å². The lowest BCUT2D eigenvalue weighted by Gasteiger charge is -2.33. The van der Waals surface area contributed by atoms with E-state index in [1.54, 1.807) is 0 Å². The molecule has 0 aliphatic heterocycles. The molecule has 18 heavy (non-hydrogen) atoms. The van der Waals surface area contributed by atoms with Gasteiger partial charge in [-0.05, 0) is 30.7 Å². The van der Waals surface area contributed by atoms with Crippen molar-refractivity contribution in [2.45, 2.75) is 45.1 Å². The molecule has 0 spiro atoms. The van der Waals surface area contributed by atoms with Gasteiger partial charge in [0.15, 0.2) is 0 Å². The van der Waals surface area contributed by atoms with E-state index < -0.39 is 0 Å². The van der Waals surface area contributed by atoms with E-state index in [0.717, 1.165) is 20.2 Å². The minimum Gasteiger partial charge on any atom is -0.271 e. The smallest absolute Gasteiger partial charge is 0.0992 e. The van der Waals surface area contributed by atoms with Gasteiger partial charge < -0.3 is 0 Å². The van der Waals surface area contributed by atoms with Gasteiger partial charge in [0.05, 0.1) is 14.7 Å². The number of nitrogens with one attached hydrogen (secondary N) is 1. The molecule has 0 amide bonds. The molecule has 1 aromatic rings. The molecule has 1 unspecified atom stereocenters. The minimum atomic E-state index is 0.138. The molecule has 0 saturated heterocycles. The van der Waals surface area contributed by atoms with Crippen molar-refractivity contribution in [2.75, 3.05) is 0 Å². The van der Waals surface area contributed by atoms with Gasteiger partial charge in [0.25, 0.3) is 0 Å². The Bertz CT molecular complexity index is 386. The molecule has 1 saturated carbocycles. The van der Waals surface area contributed by atoms with Crippen molar-refractivity contribution < 1.29 is 0 Å². The van der Waals surface area contributed by atoms with E-state index in [0.29, 0.717) is 5.92 Å². The predicted octanol–water partition coefficient (Wildman–Crippen LogP) is 4.78. The van der Waals surface area contributed by atoms with Crippen LogP contribution in [0, 0.1) is 11.8 Å². The molecule has 2 rings (SSSR count). The van der Waals surface area contributed by atoms with Gasteiger partial charge in [-0.25, -0.2) is 0 Å². The largest absolute Gasteiger partial charge is 0.271 e. The fraction of sp³-hybridized carbons (Fsp3) is 0.692. The molecule has 1 heterocycles. The molecule has 1 fully saturated rings. The summed E-state index contributed by atoms with van der Waals surface area (Å²) in [6.45, 7) is 2.28. The SMILES string of the molecule is CCC1CCC(C(NN)c2cc(Cl)sc2Cl)CC1. The van der Waals surface area contributed by atoms with E-state index in [2.05, 4.69) is 12.3 Å². The van der Waals surface area contributed by atoms with Crippen LogP contribution in [0.3, 0.4) is 0 Å². The van der Waals surface area contributed by atoms with Gasteiger partial charge in [-0.15, -0.1) is 11.3 Å². The summed E-state index contributed by atoms with van der Waals surface area (Å²) in [6, 6.07) is 2.09. The Labute approximate surface area is 123 Å². The van der Waals surface area contributed by atoms with Crippen LogP contribution in [-0.2, 0) is 0 Å². The summed E-state index contributed by atoms with van der Waals surface area (Å²) in [4.78, 5) is 0. The second-order valence-corrected chi connectivity index (χ2v) is 7.40. The van der Waals surface area contributed by atoms with Gasteiger partial charge in [-0.1, -0.05) is 49.4 Å². The van der Waals surface area contributed by atoms with Gasteiger partial charge in [0.2, 0.25) is 0 Å². The molecule has 1 aliphatic carbocycles. The molecule has 102 valence electrons. The van der Waals surface area contributed by atoms with Crippen LogP contribution in [0.25, 0.3) is 0 Å². The van der Waals surface area contributed by atoms with Crippen LogP contribution in [0.4, 0.5) is 0 Å². The number of hydrogen-bond acceptors (Lipinski definition) is 3. The Morgan fingerprint density at radius 2 is 2.06 bits per heavy atom. The number of hydrogen-bond donors (Lipinski definition) is 2. The molecule has 5 heteroatoms. The Balaban J connectivity index is 2.08. The zero-order valence-electron chi connectivity index (χ0n) is 10.6. The molecule has 0 bridgehead atoms. The highest BCUT2D eigenvalue weighted by Gasteiger charge is 2.29. The van der Waals surface area contributed by atoms with Gasteiger partial charge >= 0.3 is 0 Å². The summed E-state index contributed by atoms with van der Waals surface area (Å²) in [7, 11) is 0. The zero-order chi connectivity index (χ0) is 13.1. The topological polar surface area (TPSA) is 38.0 Å². The highest BCUT2D eigenvalue weighted by Crippen LogP contribution is 2.42. The van der Waals surface area contributed by atoms with E-state index in [-0.39, 0.29) is 6.04 Å². The van der Waals surface area contributed by atoms with E-state index >= 15 is 0 Å². The van der Waals surface area contributed by atoms with Crippen molar-refractivity contribution in [1.29, 1.82) is 0 Å². The first kappa shape index (κ1) is 14.6. The molecule has 2 nitrogen and oxygen atoms in total. The first-order chi connectivity index (χ1) is 8.65. The number of hydrazine groups is 1. The molecular formula is C13H20Cl2N2S. The van der Waals surface area contributed by atoms with E-state index in [1.165, 1.54) is 43.4 Å². The lowest BCUT2D eigenvalue weighted by atomic mass is 9.76. The fourth-order valence-electron chi connectivity index (χ4n) is 2.97. The average molecular weight is 307 g/mol. The monoisotopic (exact) mass is 306 g/mol. The van der Waals surface area contributed by atoms with Crippen LogP contribution in [0.5, 0.6) is 0 Å². The Morgan fingerprint density at radius 3 is 2.50 bits per heavy atom. The molecule has 1 aromatic heterocycles. The first-order valence-electron chi connectivity index (χ1n) is 6.56. The van der Waals surface area contributed by atoms with Crippen LogP contribution in [0.1, 0.15) is 50.6 Å². The molecule has 1 aliphatic rings. The lowest BCUT2D eigenvalue weighted by Crippen LogP contribution is -2.35. The zero-order valence-corrected chi connectivity index (χ0v) is 12.9. The first-order valence-corrected chi connectivity index (χ1v) is 8.13. The van der Waals surface area contributed by atoms with Crippen molar-refractivity contribution in [1.82, 2.24) is 5.43 Å². The standard InChI is InChI=1S/C13H20Cl2N2S/c1-2-8-3-5-9(6-4-8)12(17-16)10-7-11(14)18-13(10)15/h7-9,12,17H,2-6,16H2,1H3. The summed E-state index contributed by atoms with van der Waals surface area (Å²) in [6.07, 6.45) is 6.33. The maximum Gasteiger partial charge on any atom is 0.0992 e. The van der Waals surface area contributed by atoms with Gasteiger partial charge in [0, 0.05) is 5.56 Å². The quantitative estimate of drug-likeness (QED) is 0.621. The number of thiophene rings is 1. The molecule has 1 atom stereocenters. The van der Waals surface area contributed by atoms with Crippen molar-refractivity contribution in [3.8, 4) is 0 Å². The maximum absolute atomic E-state index is 6.23. The van der Waals surface area contributed by atoms with Crippen molar-refractivity contribution in [2.24, 2.45) is 17.7 Å². The van der Waals surface area contributed by atoms with Crippen LogP contribution in [-0.4, -0.2) is 0 Å². The summed E-state index contributed by atoms with van der Waals surface area (Å²) in [5.41, 5.74) is 4.00. The third-order valence-electron chi connectivity index (χ3n) is 4.14. The normalized spacial score (nSPS) is 26.2. The second-order valence-electron chi connectivity index (χ2n) is 5.11. The Morgan fingerprint density at radius 1 is 1.39 bits per heavy atom. The van der Waals surface area contributed by atoms with Gasteiger partial charge in [-0.3, -0.25) is 11.3 Å². The van der Waals surface area contributed by atoms with Crippen LogP contribution in [0.2, 0.25) is 8.67 Å². The number of nitrogens with two attached hydrogens (primary N) is 1. The summed E-state index contributed by atoms with van der Waals surface area (Å²) in [5.74, 6) is 7.19. The van der Waals surface area contributed by atoms with Crippen molar-refractivity contribution in [3.63, 3.8) is 0 Å². The van der Waals surface area contributed by atoms with Gasteiger partial charge in [0.1, 0.15) is 0 Å². The number of rotatable bonds is 4. The summed E-state index contributed by atoms with van der Waals surface area (Å²) >= 11 is 13.7. The van der Waals surface area contributed by atoms with Crippen LogP contribution < -0.4 is 11.3 Å². The minimum absolute atomic E-state index is 0.138. The molecular weight excluding hydrogens is 287 g/mol. The highest BCUT2D eigenvalue weighted by molar-refractivity contribution is 7.20. The average Bonchev–Trinajstić information content (AvgIpc) is 2.70. The van der Waals surface area contributed by atoms with Crippen LogP contribution >= 0.6 is 34.5 Å². The predicted molar refractivity (Wildman–Crippen MR) is 80.1 cm³/mol. The fourth-order valence-corrected chi connectivity index (χ4v) is 4.52. The van der Waals surface area contributed by atoms with E-state index in [4.69, 9.17) is 29.0 Å². The van der Waals surface area contributed by atoms with E-state index in [1.807, 2.05) is 6.07 Å². The number of halogens is 2. The third-order valence-corrected chi connectivity index (χ3v) is 5.66. The molecule has 0 radical (unpaired) electrons. The molecule has 0 aromatic carbocycles. The Kier molecular flexibility index (Phi) is 5.34. The third kappa shape index (κ3) is 3.20.